The van der Waals surface area contributed by atoms with Crippen LogP contribution in [0.2, 0.25) is 0 Å². The lowest BCUT2D eigenvalue weighted by atomic mass is 9.99. The van der Waals surface area contributed by atoms with Crippen LogP contribution in [0.1, 0.15) is 24.0 Å². The Morgan fingerprint density at radius 3 is 3.15 bits per heavy atom. The maximum absolute atomic E-state index is 10.6. The highest BCUT2D eigenvalue weighted by molar-refractivity contribution is 5.62. The predicted octanol–water partition coefficient (Wildman–Crippen LogP) is 1.92. The fourth-order valence-electron chi connectivity index (χ4n) is 1.57. The molecule has 1 aliphatic rings. The summed E-state index contributed by atoms with van der Waals surface area (Å²) in [5.41, 5.74) is 2.31. The van der Waals surface area contributed by atoms with Gasteiger partial charge in [-0.25, -0.2) is 0 Å². The predicted molar refractivity (Wildman–Crippen MR) is 50.1 cm³/mol. The quantitative estimate of drug-likeness (QED) is 0.643. The first-order valence-corrected chi connectivity index (χ1v) is 4.52. The largest absolute Gasteiger partial charge is 0.493 e. The topological polar surface area (TPSA) is 26.3 Å². The first kappa shape index (κ1) is 8.30. The minimum Gasteiger partial charge on any atom is -0.493 e. The van der Waals surface area contributed by atoms with Gasteiger partial charge in [0.25, 0.3) is 0 Å². The van der Waals surface area contributed by atoms with Gasteiger partial charge in [-0.15, -0.1) is 0 Å². The van der Waals surface area contributed by atoms with E-state index >= 15 is 0 Å². The molecule has 0 spiro atoms. The molecule has 0 bridgehead atoms. The monoisotopic (exact) mass is 176 g/mol. The van der Waals surface area contributed by atoms with Crippen LogP contribution in [-0.2, 0) is 11.2 Å². The number of aldehydes is 1. The lowest BCUT2D eigenvalue weighted by molar-refractivity contribution is -0.108. The Morgan fingerprint density at radius 2 is 2.38 bits per heavy atom. The van der Waals surface area contributed by atoms with E-state index in [2.05, 4.69) is 6.07 Å². The molecular weight excluding hydrogens is 164 g/mol. The van der Waals surface area contributed by atoms with Gasteiger partial charge in [-0.1, -0.05) is 19.1 Å². The molecule has 0 saturated carbocycles. The van der Waals surface area contributed by atoms with Crippen molar-refractivity contribution in [2.75, 3.05) is 6.61 Å². The Morgan fingerprint density at radius 1 is 1.54 bits per heavy atom. The maximum atomic E-state index is 10.6. The van der Waals surface area contributed by atoms with E-state index in [1.54, 1.807) is 0 Å². The van der Waals surface area contributed by atoms with Crippen molar-refractivity contribution in [3.63, 3.8) is 0 Å². The summed E-state index contributed by atoms with van der Waals surface area (Å²) in [5.74, 6) is 0.966. The van der Waals surface area contributed by atoms with Gasteiger partial charge < -0.3 is 9.53 Å². The highest BCUT2D eigenvalue weighted by Crippen LogP contribution is 2.28. The van der Waals surface area contributed by atoms with Crippen LogP contribution in [0.4, 0.5) is 0 Å². The van der Waals surface area contributed by atoms with Crippen LogP contribution in [0, 0.1) is 0 Å². The lowest BCUT2D eigenvalue weighted by Crippen LogP contribution is -1.94. The molecule has 2 rings (SSSR count). The molecule has 1 unspecified atom stereocenters. The van der Waals surface area contributed by atoms with E-state index in [-0.39, 0.29) is 5.92 Å². The van der Waals surface area contributed by atoms with E-state index in [4.69, 9.17) is 4.74 Å². The van der Waals surface area contributed by atoms with Crippen LogP contribution in [0.15, 0.2) is 18.2 Å². The molecular formula is C11H12O2. The number of rotatable bonds is 2. The summed E-state index contributed by atoms with van der Waals surface area (Å²) in [6.45, 7) is 2.68. The SMILES string of the molecule is CC(C=O)c1ccc2c(c1)CCO2. The summed E-state index contributed by atoms with van der Waals surface area (Å²) >= 11 is 0. The first-order valence-electron chi connectivity index (χ1n) is 4.52. The molecule has 0 aliphatic carbocycles. The first-order chi connectivity index (χ1) is 6.31. The van der Waals surface area contributed by atoms with Crippen molar-refractivity contribution >= 4 is 6.29 Å². The Kier molecular flexibility index (Phi) is 2.05. The van der Waals surface area contributed by atoms with Crippen molar-refractivity contribution in [3.05, 3.63) is 29.3 Å². The van der Waals surface area contributed by atoms with Gasteiger partial charge >= 0.3 is 0 Å². The van der Waals surface area contributed by atoms with Gasteiger partial charge in [0.15, 0.2) is 0 Å². The zero-order valence-electron chi connectivity index (χ0n) is 7.62. The van der Waals surface area contributed by atoms with Gasteiger partial charge in [-0.2, -0.15) is 0 Å². The maximum Gasteiger partial charge on any atom is 0.127 e. The number of hydrogen-bond donors (Lipinski definition) is 0. The van der Waals surface area contributed by atoms with Gasteiger partial charge in [-0.05, 0) is 17.2 Å². The number of ether oxygens (including phenoxy) is 1. The zero-order chi connectivity index (χ0) is 9.26. The smallest absolute Gasteiger partial charge is 0.127 e. The Hall–Kier alpha value is -1.31. The number of carbonyl (C=O) groups is 1. The third-order valence-corrected chi connectivity index (χ3v) is 2.44. The molecule has 0 amide bonds. The van der Waals surface area contributed by atoms with E-state index in [0.717, 1.165) is 30.6 Å². The number of hydrogen-bond acceptors (Lipinski definition) is 2. The summed E-state index contributed by atoms with van der Waals surface area (Å²) in [4.78, 5) is 10.6. The van der Waals surface area contributed by atoms with Crippen molar-refractivity contribution in [1.29, 1.82) is 0 Å². The average molecular weight is 176 g/mol. The Balaban J connectivity index is 2.35. The molecule has 0 N–H and O–H groups in total. The van der Waals surface area contributed by atoms with Crippen LogP contribution >= 0.6 is 0 Å². The second-order valence-corrected chi connectivity index (χ2v) is 3.39. The van der Waals surface area contributed by atoms with Crippen molar-refractivity contribution in [1.82, 2.24) is 0 Å². The van der Waals surface area contributed by atoms with Crippen molar-refractivity contribution in [3.8, 4) is 5.75 Å². The Bertz CT molecular complexity index is 331. The third-order valence-electron chi connectivity index (χ3n) is 2.44. The Labute approximate surface area is 77.5 Å². The van der Waals surface area contributed by atoms with E-state index in [9.17, 15) is 4.79 Å². The molecule has 2 nitrogen and oxygen atoms in total. The molecule has 13 heavy (non-hydrogen) atoms. The molecule has 1 atom stereocenters. The minimum absolute atomic E-state index is 0.00843. The van der Waals surface area contributed by atoms with E-state index in [1.165, 1.54) is 5.56 Å². The third kappa shape index (κ3) is 1.44. The van der Waals surface area contributed by atoms with Crippen LogP contribution in [0.5, 0.6) is 5.75 Å². The summed E-state index contributed by atoms with van der Waals surface area (Å²) < 4.78 is 5.38. The molecule has 0 aromatic heterocycles. The van der Waals surface area contributed by atoms with Crippen LogP contribution in [0.3, 0.4) is 0 Å². The number of benzene rings is 1. The van der Waals surface area contributed by atoms with Crippen LogP contribution in [0.25, 0.3) is 0 Å². The molecule has 0 fully saturated rings. The standard InChI is InChI=1S/C11H12O2/c1-8(7-12)9-2-3-11-10(6-9)4-5-13-11/h2-3,6-8H,4-5H2,1H3. The summed E-state index contributed by atoms with van der Waals surface area (Å²) in [6, 6.07) is 5.99. The normalized spacial score (nSPS) is 16.1. The molecule has 68 valence electrons. The van der Waals surface area contributed by atoms with Gasteiger partial charge in [0.05, 0.1) is 6.61 Å². The average Bonchev–Trinajstić information content (AvgIpc) is 2.63. The van der Waals surface area contributed by atoms with Crippen LogP contribution < -0.4 is 4.74 Å². The zero-order valence-corrected chi connectivity index (χ0v) is 7.62. The molecule has 0 radical (unpaired) electrons. The molecule has 1 aromatic carbocycles. The van der Waals surface area contributed by atoms with Gasteiger partial charge in [0.1, 0.15) is 12.0 Å². The van der Waals surface area contributed by atoms with E-state index < -0.39 is 0 Å². The fourth-order valence-corrected chi connectivity index (χ4v) is 1.57. The molecule has 1 heterocycles. The summed E-state index contributed by atoms with van der Waals surface area (Å²) in [5, 5.41) is 0. The lowest BCUT2D eigenvalue weighted by Gasteiger charge is -2.05. The second kappa shape index (κ2) is 3.21. The van der Waals surface area contributed by atoms with Crippen molar-refractivity contribution < 1.29 is 9.53 Å². The molecule has 2 heteroatoms. The van der Waals surface area contributed by atoms with E-state index in [0.29, 0.717) is 0 Å². The minimum atomic E-state index is -0.00843. The highest BCUT2D eigenvalue weighted by atomic mass is 16.5. The molecule has 1 aliphatic heterocycles. The van der Waals surface area contributed by atoms with Gasteiger partial charge in [0, 0.05) is 12.3 Å². The number of carbonyl (C=O) groups excluding carboxylic acids is 1. The summed E-state index contributed by atoms with van der Waals surface area (Å²) in [7, 11) is 0. The fraction of sp³-hybridized carbons (Fsp3) is 0.364. The van der Waals surface area contributed by atoms with Gasteiger partial charge in [-0.3, -0.25) is 0 Å². The number of fused-ring (bicyclic) bond motifs is 1. The second-order valence-electron chi connectivity index (χ2n) is 3.39. The molecule has 0 saturated heterocycles. The highest BCUT2D eigenvalue weighted by Gasteiger charge is 2.13. The molecule has 1 aromatic rings. The van der Waals surface area contributed by atoms with Gasteiger partial charge in [0.2, 0.25) is 0 Å². The summed E-state index contributed by atoms with van der Waals surface area (Å²) in [6.07, 6.45) is 1.94. The van der Waals surface area contributed by atoms with Crippen molar-refractivity contribution in [2.24, 2.45) is 0 Å². The van der Waals surface area contributed by atoms with Crippen molar-refractivity contribution in [2.45, 2.75) is 19.3 Å². The van der Waals surface area contributed by atoms with E-state index in [1.807, 2.05) is 19.1 Å². The van der Waals surface area contributed by atoms with Crippen LogP contribution in [-0.4, -0.2) is 12.9 Å².